The molecule has 0 amide bonds. The van der Waals surface area contributed by atoms with E-state index < -0.39 is 0 Å². The molecule has 0 spiro atoms. The molecule has 0 fully saturated rings. The van der Waals surface area contributed by atoms with E-state index >= 15 is 0 Å². The summed E-state index contributed by atoms with van der Waals surface area (Å²) in [5.41, 5.74) is 4.87. The summed E-state index contributed by atoms with van der Waals surface area (Å²) >= 11 is 0. The van der Waals surface area contributed by atoms with Crippen molar-refractivity contribution in [2.75, 3.05) is 13.1 Å². The van der Waals surface area contributed by atoms with E-state index in [1.807, 2.05) is 0 Å². The van der Waals surface area contributed by atoms with Gasteiger partial charge in [-0.3, -0.25) is 0 Å². The molecule has 0 aromatic heterocycles. The van der Waals surface area contributed by atoms with Crippen molar-refractivity contribution in [2.24, 2.45) is 0 Å². The third kappa shape index (κ3) is 3.11. The fourth-order valence-electron chi connectivity index (χ4n) is 1.94. The van der Waals surface area contributed by atoms with Crippen LogP contribution in [0.2, 0.25) is 0 Å². The lowest BCUT2D eigenvalue weighted by molar-refractivity contribution is 0.251. The van der Waals surface area contributed by atoms with Crippen LogP contribution in [0.4, 0.5) is 0 Å². The van der Waals surface area contributed by atoms with Crippen molar-refractivity contribution in [2.45, 2.75) is 25.7 Å². The fraction of sp³-hybridized carbons (Fsp3) is 0.429. The number of benzene rings is 1. The lowest BCUT2D eigenvalue weighted by Crippen LogP contribution is -2.37. The summed E-state index contributed by atoms with van der Waals surface area (Å²) in [5, 5.41) is 2.20. The van der Waals surface area contributed by atoms with Gasteiger partial charge in [0, 0.05) is 19.3 Å². The first-order valence-electron chi connectivity index (χ1n) is 6.08. The van der Waals surface area contributed by atoms with Gasteiger partial charge in [-0.15, -0.1) is 0 Å². The molecule has 0 radical (unpaired) electrons. The Morgan fingerprint density at radius 1 is 1.31 bits per heavy atom. The molecule has 1 aliphatic heterocycles. The molecule has 0 aliphatic carbocycles. The number of rotatable bonds is 4. The van der Waals surface area contributed by atoms with Crippen LogP contribution in [0, 0.1) is 0 Å². The normalized spacial score (nSPS) is 17.4. The van der Waals surface area contributed by atoms with Crippen LogP contribution in [0.25, 0.3) is 0 Å². The smallest absolute Gasteiger partial charge is 0.0340 e. The predicted molar refractivity (Wildman–Crippen MR) is 67.9 cm³/mol. The zero-order valence-corrected chi connectivity index (χ0v) is 9.89. The van der Waals surface area contributed by atoms with E-state index in [-0.39, 0.29) is 0 Å². The van der Waals surface area contributed by atoms with E-state index in [2.05, 4.69) is 60.0 Å². The monoisotopic (exact) mass is 216 g/mol. The maximum absolute atomic E-state index is 3.47. The van der Waals surface area contributed by atoms with Gasteiger partial charge in [-0.05, 0) is 24.3 Å². The molecular weight excluding hydrogens is 196 g/mol. The Labute approximate surface area is 97.9 Å². The highest BCUT2D eigenvalue weighted by atomic mass is 15.5. The molecule has 2 rings (SSSR count). The van der Waals surface area contributed by atoms with E-state index in [1.54, 1.807) is 0 Å². The first kappa shape index (κ1) is 11.2. The molecule has 1 unspecified atom stereocenters. The second-order valence-corrected chi connectivity index (χ2v) is 4.39. The van der Waals surface area contributed by atoms with Crippen molar-refractivity contribution in [3.05, 3.63) is 48.2 Å². The molecule has 0 saturated heterocycles. The number of hydrazine groups is 1. The second kappa shape index (κ2) is 5.71. The van der Waals surface area contributed by atoms with Gasteiger partial charge >= 0.3 is 0 Å². The summed E-state index contributed by atoms with van der Waals surface area (Å²) < 4.78 is 0. The minimum atomic E-state index is 0.552. The molecule has 16 heavy (non-hydrogen) atoms. The average molecular weight is 216 g/mol. The van der Waals surface area contributed by atoms with Gasteiger partial charge in [-0.25, -0.2) is 5.43 Å². The van der Waals surface area contributed by atoms with Crippen molar-refractivity contribution < 1.29 is 0 Å². The summed E-state index contributed by atoms with van der Waals surface area (Å²) in [6.07, 6.45) is 6.85. The molecule has 1 N–H and O–H groups in total. The highest BCUT2D eigenvalue weighted by Gasteiger charge is 2.07. The van der Waals surface area contributed by atoms with E-state index in [4.69, 9.17) is 0 Å². The van der Waals surface area contributed by atoms with Crippen LogP contribution < -0.4 is 5.43 Å². The van der Waals surface area contributed by atoms with E-state index in [0.29, 0.717) is 5.92 Å². The maximum atomic E-state index is 3.47. The molecule has 2 heteroatoms. The molecule has 1 aliphatic rings. The van der Waals surface area contributed by atoms with Gasteiger partial charge in [0.25, 0.3) is 0 Å². The molecule has 0 bridgehead atoms. The molecule has 86 valence electrons. The number of hydrogen-bond donors (Lipinski definition) is 1. The lowest BCUT2D eigenvalue weighted by Gasteiger charge is -2.26. The van der Waals surface area contributed by atoms with Crippen LogP contribution in [0.3, 0.4) is 0 Å². The van der Waals surface area contributed by atoms with E-state index in [9.17, 15) is 0 Å². The first-order valence-corrected chi connectivity index (χ1v) is 6.08. The highest BCUT2D eigenvalue weighted by Crippen LogP contribution is 2.13. The van der Waals surface area contributed by atoms with Crippen LogP contribution in [0.15, 0.2) is 42.6 Å². The van der Waals surface area contributed by atoms with Gasteiger partial charge in [0.05, 0.1) is 0 Å². The maximum Gasteiger partial charge on any atom is 0.0340 e. The largest absolute Gasteiger partial charge is 0.316 e. The molecular formula is C14H20N2. The van der Waals surface area contributed by atoms with Crippen molar-refractivity contribution in [1.29, 1.82) is 0 Å². The Morgan fingerprint density at radius 2 is 2.12 bits per heavy atom. The van der Waals surface area contributed by atoms with Gasteiger partial charge in [0.2, 0.25) is 0 Å². The van der Waals surface area contributed by atoms with Crippen molar-refractivity contribution in [3.8, 4) is 0 Å². The lowest BCUT2D eigenvalue weighted by atomic mass is 10.0. The fourth-order valence-corrected chi connectivity index (χ4v) is 1.94. The Balaban J connectivity index is 1.81. The van der Waals surface area contributed by atoms with Gasteiger partial charge in [0.1, 0.15) is 0 Å². The number of nitrogens with one attached hydrogen (secondary N) is 1. The van der Waals surface area contributed by atoms with Crippen LogP contribution in [-0.4, -0.2) is 18.1 Å². The van der Waals surface area contributed by atoms with Crippen molar-refractivity contribution in [3.63, 3.8) is 0 Å². The average Bonchev–Trinajstić information content (AvgIpc) is 2.38. The van der Waals surface area contributed by atoms with E-state index in [0.717, 1.165) is 13.1 Å². The van der Waals surface area contributed by atoms with Crippen LogP contribution in [0.5, 0.6) is 0 Å². The SMILES string of the molecule is CC(CNN1C=CCCC1)c1ccccc1. The standard InChI is InChI=1S/C14H20N2/c1-13(14-8-4-2-5-9-14)12-15-16-10-6-3-7-11-16/h2,4-6,8-10,13,15H,3,7,11-12H2,1H3. The summed E-state index contributed by atoms with van der Waals surface area (Å²) in [6.45, 7) is 4.38. The third-order valence-corrected chi connectivity index (χ3v) is 3.02. The summed E-state index contributed by atoms with van der Waals surface area (Å²) in [6, 6.07) is 10.7. The van der Waals surface area contributed by atoms with Gasteiger partial charge < -0.3 is 5.01 Å². The van der Waals surface area contributed by atoms with Crippen molar-refractivity contribution >= 4 is 0 Å². The minimum Gasteiger partial charge on any atom is -0.316 e. The molecule has 2 nitrogen and oxygen atoms in total. The van der Waals surface area contributed by atoms with Crippen molar-refractivity contribution in [1.82, 2.24) is 10.4 Å². The Kier molecular flexibility index (Phi) is 4.00. The minimum absolute atomic E-state index is 0.552. The summed E-state index contributed by atoms with van der Waals surface area (Å²) in [7, 11) is 0. The number of allylic oxidation sites excluding steroid dienone is 1. The quantitative estimate of drug-likeness (QED) is 0.832. The van der Waals surface area contributed by atoms with Gasteiger partial charge in [-0.2, -0.15) is 0 Å². The molecule has 1 atom stereocenters. The topological polar surface area (TPSA) is 15.3 Å². The summed E-state index contributed by atoms with van der Waals surface area (Å²) in [4.78, 5) is 0. The zero-order valence-electron chi connectivity index (χ0n) is 9.89. The second-order valence-electron chi connectivity index (χ2n) is 4.39. The van der Waals surface area contributed by atoms with Crippen LogP contribution in [0.1, 0.15) is 31.2 Å². The molecule has 1 heterocycles. The van der Waals surface area contributed by atoms with Gasteiger partial charge in [-0.1, -0.05) is 43.3 Å². The highest BCUT2D eigenvalue weighted by molar-refractivity contribution is 5.18. The first-order chi connectivity index (χ1) is 7.86. The Hall–Kier alpha value is -1.28. The predicted octanol–water partition coefficient (Wildman–Crippen LogP) is 2.90. The Morgan fingerprint density at radius 3 is 2.81 bits per heavy atom. The Bertz CT molecular complexity index is 332. The van der Waals surface area contributed by atoms with Crippen LogP contribution >= 0.6 is 0 Å². The van der Waals surface area contributed by atoms with Gasteiger partial charge in [0.15, 0.2) is 0 Å². The zero-order chi connectivity index (χ0) is 11.2. The molecule has 1 aromatic carbocycles. The molecule has 1 aromatic rings. The van der Waals surface area contributed by atoms with E-state index in [1.165, 1.54) is 18.4 Å². The molecule has 0 saturated carbocycles. The summed E-state index contributed by atoms with van der Waals surface area (Å²) in [5.74, 6) is 0.552. The number of hydrogen-bond acceptors (Lipinski definition) is 2. The van der Waals surface area contributed by atoms with Crippen LogP contribution in [-0.2, 0) is 0 Å². The number of nitrogens with zero attached hydrogens (tertiary/aromatic N) is 1. The third-order valence-electron chi connectivity index (χ3n) is 3.02.